The highest BCUT2D eigenvalue weighted by Crippen LogP contribution is 2.37. The van der Waals surface area contributed by atoms with Crippen molar-refractivity contribution < 1.29 is 9.47 Å². The molecule has 0 unspecified atom stereocenters. The van der Waals surface area contributed by atoms with Crippen LogP contribution in [-0.2, 0) is 15.9 Å². The van der Waals surface area contributed by atoms with Crippen molar-refractivity contribution in [3.63, 3.8) is 0 Å². The number of hydrogen-bond donors (Lipinski definition) is 0. The van der Waals surface area contributed by atoms with Gasteiger partial charge in [-0.25, -0.2) is 4.98 Å². The highest BCUT2D eigenvalue weighted by Gasteiger charge is 2.40. The van der Waals surface area contributed by atoms with Crippen LogP contribution in [-0.4, -0.2) is 45.1 Å². The normalized spacial score (nSPS) is 18.4. The van der Waals surface area contributed by atoms with Crippen molar-refractivity contribution >= 4 is 35.4 Å². The number of thiophene rings is 1. The highest BCUT2D eigenvalue weighted by atomic mass is 32.1. The summed E-state index contributed by atoms with van der Waals surface area (Å²) in [6, 6.07) is 4.58. The minimum Gasteiger partial charge on any atom is -0.356 e. The molecule has 2 aromatic rings. The Morgan fingerprint density at radius 3 is 2.53 bits per heavy atom. The van der Waals surface area contributed by atoms with Gasteiger partial charge in [0.2, 0.25) is 0 Å². The Labute approximate surface area is 184 Å². The Kier molecular flexibility index (Phi) is 5.92. The van der Waals surface area contributed by atoms with Crippen molar-refractivity contribution in [3.05, 3.63) is 22.1 Å². The molecule has 0 N–H and O–H groups in total. The van der Waals surface area contributed by atoms with Crippen LogP contribution in [0.2, 0.25) is 19.6 Å². The molecule has 30 heavy (non-hydrogen) atoms. The number of fused-ring (bicyclic) bond motifs is 1. The zero-order valence-electron chi connectivity index (χ0n) is 18.3. The topological polar surface area (TPSA) is 58.4 Å². The lowest BCUT2D eigenvalue weighted by atomic mass is 10.0. The first-order valence-electron chi connectivity index (χ1n) is 10.8. The third-order valence-electron chi connectivity index (χ3n) is 5.58. The zero-order chi connectivity index (χ0) is 21.4. The van der Waals surface area contributed by atoms with E-state index in [9.17, 15) is 5.26 Å². The van der Waals surface area contributed by atoms with Crippen molar-refractivity contribution in [1.82, 2.24) is 4.98 Å². The lowest BCUT2D eigenvalue weighted by molar-refractivity contribution is -0.169. The molecule has 2 aliphatic rings. The summed E-state index contributed by atoms with van der Waals surface area (Å²) in [5.41, 5.74) is 5.58. The second-order valence-electron chi connectivity index (χ2n) is 9.08. The molecule has 0 aliphatic carbocycles. The molecule has 0 saturated carbocycles. The van der Waals surface area contributed by atoms with Gasteiger partial charge in [-0.05, 0) is 18.1 Å². The van der Waals surface area contributed by atoms with Gasteiger partial charge in [0.1, 0.15) is 29.7 Å². The number of pyridine rings is 1. The van der Waals surface area contributed by atoms with E-state index in [0.717, 1.165) is 60.4 Å². The molecular formula is C23H29N3O2SSi. The van der Waals surface area contributed by atoms with E-state index in [1.165, 1.54) is 16.9 Å². The molecule has 2 fully saturated rings. The number of ether oxygens (including phenoxy) is 2. The number of nitrogens with zero attached hydrogens (tertiary/aromatic N) is 3. The minimum absolute atomic E-state index is 0.386. The molecule has 0 atom stereocenters. The lowest BCUT2D eigenvalue weighted by Crippen LogP contribution is -2.45. The van der Waals surface area contributed by atoms with Crippen LogP contribution in [0.1, 0.15) is 42.2 Å². The Morgan fingerprint density at radius 1 is 1.23 bits per heavy atom. The van der Waals surface area contributed by atoms with Crippen molar-refractivity contribution in [2.45, 2.75) is 58.0 Å². The van der Waals surface area contributed by atoms with E-state index in [1.807, 2.05) is 0 Å². The molecule has 0 radical (unpaired) electrons. The summed E-state index contributed by atoms with van der Waals surface area (Å²) in [5.74, 6) is 3.98. The smallest absolute Gasteiger partial charge is 0.171 e. The second kappa shape index (κ2) is 8.32. The van der Waals surface area contributed by atoms with Crippen LogP contribution in [0, 0.1) is 22.8 Å². The molecule has 4 rings (SSSR count). The molecule has 7 heteroatoms. The SMILES string of the molecule is CCCc1cc(N2CCC3(CC2)OCCO3)nc2sc(C#N)c(C#C[Si](C)(C)C)c12. The first kappa shape index (κ1) is 21.3. The van der Waals surface area contributed by atoms with Gasteiger partial charge in [-0.1, -0.05) is 38.9 Å². The van der Waals surface area contributed by atoms with Gasteiger partial charge in [0.25, 0.3) is 0 Å². The van der Waals surface area contributed by atoms with Gasteiger partial charge in [0.05, 0.1) is 18.8 Å². The van der Waals surface area contributed by atoms with Gasteiger partial charge in [-0.2, -0.15) is 5.26 Å². The number of hydrogen-bond acceptors (Lipinski definition) is 6. The summed E-state index contributed by atoms with van der Waals surface area (Å²) in [4.78, 5) is 8.93. The lowest BCUT2D eigenvalue weighted by Gasteiger charge is -2.38. The van der Waals surface area contributed by atoms with E-state index in [4.69, 9.17) is 14.5 Å². The maximum absolute atomic E-state index is 9.74. The molecule has 2 aromatic heterocycles. The van der Waals surface area contributed by atoms with Gasteiger partial charge in [-0.3, -0.25) is 0 Å². The molecule has 2 aliphatic heterocycles. The van der Waals surface area contributed by atoms with Crippen LogP contribution in [0.5, 0.6) is 0 Å². The summed E-state index contributed by atoms with van der Waals surface area (Å²) in [7, 11) is -1.54. The Morgan fingerprint density at radius 2 is 1.93 bits per heavy atom. The van der Waals surface area contributed by atoms with Gasteiger partial charge in [0, 0.05) is 31.3 Å². The molecule has 5 nitrogen and oxygen atoms in total. The van der Waals surface area contributed by atoms with Crippen molar-refractivity contribution in [1.29, 1.82) is 5.26 Å². The van der Waals surface area contributed by atoms with Crippen molar-refractivity contribution in [2.75, 3.05) is 31.2 Å². The Bertz CT molecular complexity index is 1040. The first-order chi connectivity index (χ1) is 14.3. The van der Waals surface area contributed by atoms with Crippen LogP contribution in [0.15, 0.2) is 6.07 Å². The van der Waals surface area contributed by atoms with E-state index in [1.54, 1.807) is 0 Å². The molecule has 1 spiro atoms. The van der Waals surface area contributed by atoms with Gasteiger partial charge < -0.3 is 14.4 Å². The van der Waals surface area contributed by atoms with E-state index in [0.29, 0.717) is 18.1 Å². The van der Waals surface area contributed by atoms with E-state index < -0.39 is 8.07 Å². The Balaban J connectivity index is 1.73. The van der Waals surface area contributed by atoms with E-state index in [-0.39, 0.29) is 5.79 Å². The van der Waals surface area contributed by atoms with Crippen molar-refractivity contribution in [2.24, 2.45) is 0 Å². The van der Waals surface area contributed by atoms with Crippen LogP contribution < -0.4 is 4.90 Å². The van der Waals surface area contributed by atoms with Crippen LogP contribution in [0.25, 0.3) is 10.2 Å². The van der Waals surface area contributed by atoms with Crippen LogP contribution in [0.4, 0.5) is 5.82 Å². The number of anilines is 1. The van der Waals surface area contributed by atoms with Crippen molar-refractivity contribution in [3.8, 4) is 17.5 Å². The van der Waals surface area contributed by atoms with E-state index in [2.05, 4.69) is 55.1 Å². The predicted molar refractivity (Wildman–Crippen MR) is 125 cm³/mol. The van der Waals surface area contributed by atoms with Crippen LogP contribution >= 0.6 is 11.3 Å². The first-order valence-corrected chi connectivity index (χ1v) is 15.1. The number of piperidine rings is 1. The maximum Gasteiger partial charge on any atom is 0.171 e. The quantitative estimate of drug-likeness (QED) is 0.513. The van der Waals surface area contributed by atoms with Gasteiger partial charge in [0.15, 0.2) is 5.79 Å². The summed E-state index contributed by atoms with van der Waals surface area (Å²) < 4.78 is 11.7. The zero-order valence-corrected chi connectivity index (χ0v) is 20.1. The summed E-state index contributed by atoms with van der Waals surface area (Å²) >= 11 is 1.48. The molecule has 158 valence electrons. The molecular weight excluding hydrogens is 410 g/mol. The minimum atomic E-state index is -1.54. The predicted octanol–water partition coefficient (Wildman–Crippen LogP) is 4.69. The fourth-order valence-electron chi connectivity index (χ4n) is 4.10. The number of rotatable bonds is 3. The van der Waals surface area contributed by atoms with Crippen LogP contribution in [0.3, 0.4) is 0 Å². The summed E-state index contributed by atoms with van der Waals surface area (Å²) in [6.45, 7) is 12.0. The second-order valence-corrected chi connectivity index (χ2v) is 14.8. The number of aromatic nitrogens is 1. The monoisotopic (exact) mass is 439 g/mol. The fraction of sp³-hybridized carbons (Fsp3) is 0.565. The maximum atomic E-state index is 9.74. The fourth-order valence-corrected chi connectivity index (χ4v) is 5.57. The standard InChI is InChI=1S/C23H29N3O2SSi/c1-5-6-17-15-20(26-10-8-23(9-11-26)27-12-13-28-23)25-22-21(17)18(19(16-24)29-22)7-14-30(2,3)4/h15H,5-6,8-13H2,1-4H3. The molecule has 0 aromatic carbocycles. The summed E-state index contributed by atoms with van der Waals surface area (Å²) in [6.07, 6.45) is 3.72. The number of nitriles is 1. The Hall–Kier alpha value is -1.90. The summed E-state index contributed by atoms with van der Waals surface area (Å²) in [5, 5.41) is 10.8. The average Bonchev–Trinajstić information content (AvgIpc) is 3.31. The van der Waals surface area contributed by atoms with Gasteiger partial charge in [-0.15, -0.1) is 16.9 Å². The van der Waals surface area contributed by atoms with Gasteiger partial charge >= 0.3 is 0 Å². The molecule has 0 amide bonds. The third-order valence-corrected chi connectivity index (χ3v) is 7.44. The molecule has 4 heterocycles. The molecule has 0 bridgehead atoms. The average molecular weight is 440 g/mol. The van der Waals surface area contributed by atoms with E-state index >= 15 is 0 Å². The largest absolute Gasteiger partial charge is 0.356 e. The highest BCUT2D eigenvalue weighted by molar-refractivity contribution is 7.19. The number of aryl methyl sites for hydroxylation is 1. The molecule has 2 saturated heterocycles. The third kappa shape index (κ3) is 4.26.